The maximum absolute atomic E-state index is 12.0. The van der Waals surface area contributed by atoms with Gasteiger partial charge in [0.1, 0.15) is 0 Å². The molecule has 0 fully saturated rings. The van der Waals surface area contributed by atoms with Gasteiger partial charge in [0.15, 0.2) is 0 Å². The fraction of sp³-hybridized carbons (Fsp3) is 0.286. The van der Waals surface area contributed by atoms with Crippen LogP contribution in [0.4, 0.5) is 13.2 Å². The third kappa shape index (κ3) is 1.69. The van der Waals surface area contributed by atoms with E-state index >= 15 is 0 Å². The monoisotopic (exact) mass is 160 g/mol. The number of rotatable bonds is 0. The highest BCUT2D eigenvalue weighted by molar-refractivity contribution is 5.23. The Bertz CT molecular complexity index is 254. The van der Waals surface area contributed by atoms with Crippen molar-refractivity contribution in [1.29, 1.82) is 0 Å². The molecule has 0 bridgehead atoms. The van der Waals surface area contributed by atoms with E-state index in [1.807, 2.05) is 0 Å². The second kappa shape index (κ2) is 2.53. The molecule has 1 radical (unpaired) electrons. The van der Waals surface area contributed by atoms with E-state index < -0.39 is 11.7 Å². The van der Waals surface area contributed by atoms with Crippen LogP contribution in [-0.4, -0.2) is 4.98 Å². The molecule has 0 saturated heterocycles. The minimum Gasteiger partial charge on any atom is -0.254 e. The smallest absolute Gasteiger partial charge is 0.254 e. The molecule has 0 N–H and O–H groups in total. The first-order valence-electron chi connectivity index (χ1n) is 2.91. The summed E-state index contributed by atoms with van der Waals surface area (Å²) in [6, 6.07) is 1.21. The van der Waals surface area contributed by atoms with Crippen molar-refractivity contribution < 1.29 is 13.2 Å². The summed E-state index contributed by atoms with van der Waals surface area (Å²) in [5.74, 6) is 0. The van der Waals surface area contributed by atoms with E-state index in [-0.39, 0.29) is 5.56 Å². The van der Waals surface area contributed by atoms with Crippen LogP contribution in [0.2, 0.25) is 0 Å². The molecule has 1 heterocycles. The lowest BCUT2D eigenvalue weighted by molar-refractivity contribution is -0.138. The summed E-state index contributed by atoms with van der Waals surface area (Å²) >= 11 is 0. The summed E-state index contributed by atoms with van der Waals surface area (Å²) in [5.41, 5.74) is -0.552. The molecule has 0 unspecified atom stereocenters. The Balaban J connectivity index is 3.14. The van der Waals surface area contributed by atoms with E-state index in [0.29, 0.717) is 0 Å². The second-order valence-electron chi connectivity index (χ2n) is 2.13. The first-order chi connectivity index (χ1) is 5.02. The second-order valence-corrected chi connectivity index (χ2v) is 2.13. The maximum Gasteiger partial charge on any atom is 0.418 e. The average molecular weight is 160 g/mol. The SMILES string of the molecule is Cc1c[c]ncc1C(F)(F)F. The van der Waals surface area contributed by atoms with E-state index in [4.69, 9.17) is 0 Å². The van der Waals surface area contributed by atoms with Gasteiger partial charge in [-0.15, -0.1) is 0 Å². The van der Waals surface area contributed by atoms with Crippen LogP contribution in [0.5, 0.6) is 0 Å². The normalized spacial score (nSPS) is 11.6. The molecule has 11 heavy (non-hydrogen) atoms. The molecule has 0 atom stereocenters. The Hall–Kier alpha value is -1.06. The third-order valence-electron chi connectivity index (χ3n) is 1.28. The first kappa shape index (κ1) is 8.04. The highest BCUT2D eigenvalue weighted by Crippen LogP contribution is 2.30. The predicted octanol–water partition coefficient (Wildman–Crippen LogP) is 2.21. The van der Waals surface area contributed by atoms with E-state index in [1.165, 1.54) is 13.0 Å². The van der Waals surface area contributed by atoms with Crippen LogP contribution < -0.4 is 0 Å². The molecule has 0 aliphatic carbocycles. The molecule has 1 aromatic heterocycles. The van der Waals surface area contributed by atoms with Crippen LogP contribution in [0.3, 0.4) is 0 Å². The lowest BCUT2D eigenvalue weighted by Gasteiger charge is -2.07. The summed E-state index contributed by atoms with van der Waals surface area (Å²) in [6.45, 7) is 1.38. The first-order valence-corrected chi connectivity index (χ1v) is 2.91. The molecule has 1 nitrogen and oxygen atoms in total. The zero-order chi connectivity index (χ0) is 8.48. The van der Waals surface area contributed by atoms with Crippen molar-refractivity contribution in [3.8, 4) is 0 Å². The van der Waals surface area contributed by atoms with Crippen molar-refractivity contribution in [3.05, 3.63) is 29.6 Å². The predicted molar refractivity (Wildman–Crippen MR) is 32.8 cm³/mol. The van der Waals surface area contributed by atoms with Gasteiger partial charge < -0.3 is 0 Å². The summed E-state index contributed by atoms with van der Waals surface area (Å²) in [7, 11) is 0. The number of aromatic nitrogens is 1. The van der Waals surface area contributed by atoms with Gasteiger partial charge in [0.05, 0.1) is 11.8 Å². The molecule has 0 aliphatic rings. The number of pyridine rings is 1. The number of halogens is 3. The molecule has 0 spiro atoms. The average Bonchev–Trinajstić information content (AvgIpc) is 1.86. The number of aryl methyl sites for hydroxylation is 1. The molecule has 0 aliphatic heterocycles. The molecular weight excluding hydrogens is 155 g/mol. The van der Waals surface area contributed by atoms with Gasteiger partial charge in [-0.2, -0.15) is 13.2 Å². The molecule has 0 saturated carbocycles. The van der Waals surface area contributed by atoms with Crippen molar-refractivity contribution in [2.45, 2.75) is 13.1 Å². The lowest BCUT2D eigenvalue weighted by Crippen LogP contribution is -2.07. The number of alkyl halides is 3. The van der Waals surface area contributed by atoms with Gasteiger partial charge in [-0.1, -0.05) is 0 Å². The molecule has 59 valence electrons. The van der Waals surface area contributed by atoms with Gasteiger partial charge in [0, 0.05) is 6.20 Å². The van der Waals surface area contributed by atoms with Gasteiger partial charge in [-0.3, -0.25) is 4.98 Å². The van der Waals surface area contributed by atoms with Crippen LogP contribution in [0.15, 0.2) is 12.3 Å². The van der Waals surface area contributed by atoms with Crippen molar-refractivity contribution in [1.82, 2.24) is 4.98 Å². The Morgan fingerprint density at radius 2 is 2.09 bits per heavy atom. The van der Waals surface area contributed by atoms with Crippen molar-refractivity contribution in [2.24, 2.45) is 0 Å². The molecule has 0 aromatic carbocycles. The van der Waals surface area contributed by atoms with Crippen LogP contribution >= 0.6 is 0 Å². The van der Waals surface area contributed by atoms with Crippen molar-refractivity contribution >= 4 is 0 Å². The third-order valence-corrected chi connectivity index (χ3v) is 1.28. The minimum atomic E-state index is -4.30. The summed E-state index contributed by atoms with van der Waals surface area (Å²) in [4.78, 5) is 3.27. The number of nitrogens with zero attached hydrogens (tertiary/aromatic N) is 1. The molecule has 1 aromatic rings. The van der Waals surface area contributed by atoms with Gasteiger partial charge in [-0.05, 0) is 18.6 Å². The summed E-state index contributed by atoms with van der Waals surface area (Å²) in [5, 5.41) is 0. The van der Waals surface area contributed by atoms with Gasteiger partial charge in [-0.25, -0.2) is 0 Å². The summed E-state index contributed by atoms with van der Waals surface area (Å²) < 4.78 is 36.0. The van der Waals surface area contributed by atoms with E-state index in [1.54, 1.807) is 0 Å². The Kier molecular flexibility index (Phi) is 1.85. The zero-order valence-corrected chi connectivity index (χ0v) is 5.74. The number of hydrogen-bond donors (Lipinski definition) is 0. The minimum absolute atomic E-state index is 0.146. The maximum atomic E-state index is 12.0. The van der Waals surface area contributed by atoms with Crippen LogP contribution in [0.25, 0.3) is 0 Å². The molecular formula is C7H5F3N. The number of hydrogen-bond acceptors (Lipinski definition) is 1. The molecule has 0 amide bonds. The van der Waals surface area contributed by atoms with E-state index in [9.17, 15) is 13.2 Å². The highest BCUT2D eigenvalue weighted by atomic mass is 19.4. The Morgan fingerprint density at radius 3 is 2.45 bits per heavy atom. The summed E-state index contributed by atoms with van der Waals surface area (Å²) in [6.07, 6.45) is -1.20. The quantitative estimate of drug-likeness (QED) is 0.567. The molecule has 1 rings (SSSR count). The van der Waals surface area contributed by atoms with Gasteiger partial charge in [0.2, 0.25) is 0 Å². The lowest BCUT2D eigenvalue weighted by atomic mass is 10.1. The van der Waals surface area contributed by atoms with Gasteiger partial charge >= 0.3 is 6.18 Å². The van der Waals surface area contributed by atoms with Crippen LogP contribution in [-0.2, 0) is 6.18 Å². The fourth-order valence-corrected chi connectivity index (χ4v) is 0.712. The van der Waals surface area contributed by atoms with Crippen LogP contribution in [0, 0.1) is 13.1 Å². The van der Waals surface area contributed by atoms with E-state index in [2.05, 4.69) is 11.2 Å². The Labute approximate surface area is 61.9 Å². The largest absolute Gasteiger partial charge is 0.418 e. The van der Waals surface area contributed by atoms with Crippen molar-refractivity contribution in [2.75, 3.05) is 0 Å². The zero-order valence-electron chi connectivity index (χ0n) is 5.74. The Morgan fingerprint density at radius 1 is 1.45 bits per heavy atom. The van der Waals surface area contributed by atoms with E-state index in [0.717, 1.165) is 6.20 Å². The van der Waals surface area contributed by atoms with Crippen LogP contribution in [0.1, 0.15) is 11.1 Å². The molecule has 4 heteroatoms. The standard InChI is InChI=1S/C7H5F3N/c1-5-2-3-11-4-6(5)7(8,9)10/h2,4H,1H3. The fourth-order valence-electron chi connectivity index (χ4n) is 0.712. The van der Waals surface area contributed by atoms with Crippen molar-refractivity contribution in [3.63, 3.8) is 0 Å². The van der Waals surface area contributed by atoms with Gasteiger partial charge in [0.25, 0.3) is 0 Å². The topological polar surface area (TPSA) is 12.9 Å². The highest BCUT2D eigenvalue weighted by Gasteiger charge is 2.32.